The van der Waals surface area contributed by atoms with Gasteiger partial charge >= 0.3 is 0 Å². The summed E-state index contributed by atoms with van der Waals surface area (Å²) in [7, 11) is 1.57. The molecule has 3 rings (SSSR count). The zero-order chi connectivity index (χ0) is 17.3. The largest absolute Gasteiger partial charge is 0.497 e. The molecule has 0 aliphatic rings. The van der Waals surface area contributed by atoms with Gasteiger partial charge in [0.15, 0.2) is 11.6 Å². The molecule has 1 heterocycles. The van der Waals surface area contributed by atoms with Gasteiger partial charge in [0.25, 0.3) is 5.91 Å². The number of hydrogen-bond donors (Lipinski definition) is 2. The first-order chi connectivity index (χ1) is 11.5. The highest BCUT2D eigenvalue weighted by molar-refractivity contribution is 5.98. The number of amides is 1. The lowest BCUT2D eigenvalue weighted by Crippen LogP contribution is -2.27. The number of aromatic amines is 1. The number of benzene rings is 2. The third-order valence-corrected chi connectivity index (χ3v) is 3.87. The van der Waals surface area contributed by atoms with Crippen molar-refractivity contribution in [2.24, 2.45) is 0 Å². The highest BCUT2D eigenvalue weighted by Gasteiger charge is 2.15. The Labute approximate surface area is 137 Å². The summed E-state index contributed by atoms with van der Waals surface area (Å²) in [5.74, 6) is -1.50. The molecule has 1 atom stereocenters. The van der Waals surface area contributed by atoms with E-state index in [1.165, 1.54) is 6.07 Å². The Morgan fingerprint density at radius 3 is 2.62 bits per heavy atom. The second-order valence-corrected chi connectivity index (χ2v) is 5.50. The summed E-state index contributed by atoms with van der Waals surface area (Å²) in [5, 5.41) is 3.63. The fourth-order valence-electron chi connectivity index (χ4n) is 2.49. The Morgan fingerprint density at radius 1 is 1.12 bits per heavy atom. The zero-order valence-electron chi connectivity index (χ0n) is 13.2. The number of carbonyl (C=O) groups excluding carboxylic acids is 1. The van der Waals surface area contributed by atoms with E-state index in [0.29, 0.717) is 17.0 Å². The first-order valence-electron chi connectivity index (χ1n) is 7.40. The molecule has 1 aromatic heterocycles. The van der Waals surface area contributed by atoms with Crippen LogP contribution in [0.1, 0.15) is 29.0 Å². The third kappa shape index (κ3) is 3.08. The molecule has 3 aromatic rings. The number of H-pyrrole nitrogens is 1. The van der Waals surface area contributed by atoms with Gasteiger partial charge in [-0.25, -0.2) is 8.78 Å². The maximum absolute atomic E-state index is 13.3. The molecule has 0 fully saturated rings. The number of aromatic nitrogens is 1. The minimum absolute atomic E-state index is 0.331. The molecule has 2 aromatic carbocycles. The monoisotopic (exact) mass is 330 g/mol. The molecule has 0 saturated heterocycles. The Morgan fingerprint density at radius 2 is 1.92 bits per heavy atom. The molecule has 24 heavy (non-hydrogen) atoms. The quantitative estimate of drug-likeness (QED) is 0.761. The van der Waals surface area contributed by atoms with Crippen molar-refractivity contribution in [3.63, 3.8) is 0 Å². The summed E-state index contributed by atoms with van der Waals surface area (Å²) in [6.45, 7) is 1.70. The SMILES string of the molecule is COc1ccc2cc(C(=O)NC(C)c3ccc(F)c(F)c3)[nH]c2c1. The van der Waals surface area contributed by atoms with Crippen molar-refractivity contribution in [1.82, 2.24) is 10.3 Å². The second kappa shape index (κ2) is 6.31. The van der Waals surface area contributed by atoms with Crippen LogP contribution in [0, 0.1) is 11.6 Å². The molecule has 0 spiro atoms. The van der Waals surface area contributed by atoms with Crippen LogP contribution >= 0.6 is 0 Å². The highest BCUT2D eigenvalue weighted by atomic mass is 19.2. The Hall–Kier alpha value is -2.89. The van der Waals surface area contributed by atoms with Crippen molar-refractivity contribution >= 4 is 16.8 Å². The molecule has 6 heteroatoms. The van der Waals surface area contributed by atoms with Crippen LogP contribution < -0.4 is 10.1 Å². The Balaban J connectivity index is 1.79. The molecule has 0 saturated carbocycles. The van der Waals surface area contributed by atoms with Gasteiger partial charge < -0.3 is 15.0 Å². The molecule has 0 radical (unpaired) electrons. The van der Waals surface area contributed by atoms with E-state index < -0.39 is 17.7 Å². The van der Waals surface area contributed by atoms with Gasteiger partial charge in [0.1, 0.15) is 11.4 Å². The highest BCUT2D eigenvalue weighted by Crippen LogP contribution is 2.22. The predicted octanol–water partition coefficient (Wildman–Crippen LogP) is 3.95. The lowest BCUT2D eigenvalue weighted by Gasteiger charge is -2.14. The standard InChI is InChI=1S/C18H16F2N2O2/c1-10(11-4-6-14(19)15(20)7-11)21-18(23)17-8-12-3-5-13(24-2)9-16(12)22-17/h3-10,22H,1-2H3,(H,21,23). The van der Waals surface area contributed by atoms with Gasteiger partial charge in [-0.05, 0) is 42.8 Å². The molecule has 0 aliphatic carbocycles. The fraction of sp³-hybridized carbons (Fsp3) is 0.167. The first-order valence-corrected chi connectivity index (χ1v) is 7.40. The summed E-state index contributed by atoms with van der Waals surface area (Å²) in [4.78, 5) is 15.4. The smallest absolute Gasteiger partial charge is 0.268 e. The van der Waals surface area contributed by atoms with E-state index in [2.05, 4.69) is 10.3 Å². The summed E-state index contributed by atoms with van der Waals surface area (Å²) < 4.78 is 31.4. The lowest BCUT2D eigenvalue weighted by molar-refractivity contribution is 0.0935. The molecule has 1 amide bonds. The number of nitrogens with one attached hydrogen (secondary N) is 2. The van der Waals surface area contributed by atoms with E-state index in [4.69, 9.17) is 4.74 Å². The maximum atomic E-state index is 13.3. The Bertz CT molecular complexity index is 905. The van der Waals surface area contributed by atoms with Gasteiger partial charge in [0.05, 0.1) is 13.2 Å². The van der Waals surface area contributed by atoms with E-state index in [1.807, 2.05) is 12.1 Å². The first kappa shape index (κ1) is 16.0. The van der Waals surface area contributed by atoms with Crippen LogP contribution in [0.5, 0.6) is 5.75 Å². The van der Waals surface area contributed by atoms with Crippen LogP contribution in [-0.2, 0) is 0 Å². The van der Waals surface area contributed by atoms with Crippen molar-refractivity contribution in [2.45, 2.75) is 13.0 Å². The minimum Gasteiger partial charge on any atom is -0.497 e. The van der Waals surface area contributed by atoms with Gasteiger partial charge in [-0.3, -0.25) is 4.79 Å². The molecular formula is C18H16F2N2O2. The summed E-state index contributed by atoms with van der Waals surface area (Å²) in [6, 6.07) is 10.3. The maximum Gasteiger partial charge on any atom is 0.268 e. The van der Waals surface area contributed by atoms with E-state index in [9.17, 15) is 13.6 Å². The Kier molecular flexibility index (Phi) is 4.20. The number of fused-ring (bicyclic) bond motifs is 1. The van der Waals surface area contributed by atoms with Crippen molar-refractivity contribution in [3.05, 3.63) is 65.4 Å². The van der Waals surface area contributed by atoms with Gasteiger partial charge in [0.2, 0.25) is 0 Å². The number of carbonyl (C=O) groups is 1. The number of ether oxygens (including phenoxy) is 1. The van der Waals surface area contributed by atoms with Crippen LogP contribution in [0.2, 0.25) is 0 Å². The summed E-state index contributed by atoms with van der Waals surface area (Å²) in [5.41, 5.74) is 1.65. The van der Waals surface area contributed by atoms with Gasteiger partial charge in [-0.1, -0.05) is 6.07 Å². The average Bonchev–Trinajstić information content (AvgIpc) is 3.00. The van der Waals surface area contributed by atoms with Crippen LogP contribution in [-0.4, -0.2) is 18.0 Å². The van der Waals surface area contributed by atoms with E-state index in [1.54, 1.807) is 26.2 Å². The van der Waals surface area contributed by atoms with E-state index in [0.717, 1.165) is 23.0 Å². The van der Waals surface area contributed by atoms with Crippen LogP contribution in [0.15, 0.2) is 42.5 Å². The van der Waals surface area contributed by atoms with Crippen LogP contribution in [0.4, 0.5) is 8.78 Å². The fourth-order valence-corrected chi connectivity index (χ4v) is 2.49. The second-order valence-electron chi connectivity index (χ2n) is 5.50. The number of hydrogen-bond acceptors (Lipinski definition) is 2. The van der Waals surface area contributed by atoms with Crippen molar-refractivity contribution in [1.29, 1.82) is 0 Å². The number of rotatable bonds is 4. The molecule has 0 bridgehead atoms. The van der Waals surface area contributed by atoms with E-state index in [-0.39, 0.29) is 5.91 Å². The number of methoxy groups -OCH3 is 1. The minimum atomic E-state index is -0.939. The predicted molar refractivity (Wildman–Crippen MR) is 87.1 cm³/mol. The van der Waals surface area contributed by atoms with Crippen molar-refractivity contribution in [2.75, 3.05) is 7.11 Å². The molecular weight excluding hydrogens is 314 g/mol. The summed E-state index contributed by atoms with van der Waals surface area (Å²) >= 11 is 0. The average molecular weight is 330 g/mol. The van der Waals surface area contributed by atoms with E-state index >= 15 is 0 Å². The zero-order valence-corrected chi connectivity index (χ0v) is 13.2. The molecule has 0 aliphatic heterocycles. The number of halogens is 2. The molecule has 124 valence electrons. The summed E-state index contributed by atoms with van der Waals surface area (Å²) in [6.07, 6.45) is 0. The van der Waals surface area contributed by atoms with Gasteiger partial charge in [-0.15, -0.1) is 0 Å². The van der Waals surface area contributed by atoms with Gasteiger partial charge in [0, 0.05) is 17.0 Å². The molecule has 4 nitrogen and oxygen atoms in total. The normalized spacial score (nSPS) is 12.2. The molecule has 1 unspecified atom stereocenters. The molecule has 2 N–H and O–H groups in total. The van der Waals surface area contributed by atoms with Gasteiger partial charge in [-0.2, -0.15) is 0 Å². The topological polar surface area (TPSA) is 54.1 Å². The van der Waals surface area contributed by atoms with Crippen LogP contribution in [0.3, 0.4) is 0 Å². The van der Waals surface area contributed by atoms with Crippen molar-refractivity contribution in [3.8, 4) is 5.75 Å². The van der Waals surface area contributed by atoms with Crippen LogP contribution in [0.25, 0.3) is 10.9 Å². The lowest BCUT2D eigenvalue weighted by atomic mass is 10.1. The third-order valence-electron chi connectivity index (χ3n) is 3.87. The van der Waals surface area contributed by atoms with Crippen molar-refractivity contribution < 1.29 is 18.3 Å².